The Balaban J connectivity index is 2.03. The van der Waals surface area contributed by atoms with Crippen molar-refractivity contribution in [1.29, 1.82) is 0 Å². The van der Waals surface area contributed by atoms with E-state index in [-0.39, 0.29) is 0 Å². The van der Waals surface area contributed by atoms with Gasteiger partial charge in [0.15, 0.2) is 0 Å². The first-order valence-electron chi connectivity index (χ1n) is 5.65. The molecular formula is C11H22N2. The average Bonchev–Trinajstić information content (AvgIpc) is 2.90. The molecule has 0 aromatic carbocycles. The maximum atomic E-state index is 5.87. The number of rotatable bonds is 2. The molecule has 2 fully saturated rings. The first kappa shape index (κ1) is 9.47. The molecule has 1 saturated carbocycles. The Kier molecular flexibility index (Phi) is 2.37. The van der Waals surface area contributed by atoms with Gasteiger partial charge in [0.1, 0.15) is 0 Å². The summed E-state index contributed by atoms with van der Waals surface area (Å²) in [5.41, 5.74) is 6.29. The second-order valence-electron chi connectivity index (χ2n) is 5.11. The minimum Gasteiger partial charge on any atom is -0.329 e. The van der Waals surface area contributed by atoms with Crippen molar-refractivity contribution in [2.24, 2.45) is 11.7 Å². The van der Waals surface area contributed by atoms with Gasteiger partial charge in [-0.05, 0) is 38.5 Å². The molecule has 1 heterocycles. The van der Waals surface area contributed by atoms with Gasteiger partial charge in [-0.15, -0.1) is 0 Å². The summed E-state index contributed by atoms with van der Waals surface area (Å²) in [6.45, 7) is 6.87. The Morgan fingerprint density at radius 3 is 2.54 bits per heavy atom. The average molecular weight is 182 g/mol. The molecule has 1 saturated heterocycles. The highest BCUT2D eigenvalue weighted by Crippen LogP contribution is 2.44. The van der Waals surface area contributed by atoms with Crippen LogP contribution in [0.1, 0.15) is 39.5 Å². The van der Waals surface area contributed by atoms with Gasteiger partial charge >= 0.3 is 0 Å². The molecule has 2 atom stereocenters. The van der Waals surface area contributed by atoms with Gasteiger partial charge in [0.25, 0.3) is 0 Å². The Morgan fingerprint density at radius 1 is 1.31 bits per heavy atom. The van der Waals surface area contributed by atoms with Gasteiger partial charge in [0.2, 0.25) is 0 Å². The van der Waals surface area contributed by atoms with Crippen molar-refractivity contribution in [3.63, 3.8) is 0 Å². The lowest BCUT2D eigenvalue weighted by atomic mass is 9.93. The third-order valence-electron chi connectivity index (χ3n) is 3.93. The highest BCUT2D eigenvalue weighted by molar-refractivity contribution is 5.07. The van der Waals surface area contributed by atoms with Crippen LogP contribution in [0.5, 0.6) is 0 Å². The summed E-state index contributed by atoms with van der Waals surface area (Å²) < 4.78 is 0. The number of nitrogens with two attached hydrogens (primary N) is 1. The fourth-order valence-electron chi connectivity index (χ4n) is 2.70. The van der Waals surface area contributed by atoms with E-state index in [1.54, 1.807) is 0 Å². The molecule has 2 unspecified atom stereocenters. The van der Waals surface area contributed by atoms with Gasteiger partial charge < -0.3 is 5.73 Å². The quantitative estimate of drug-likeness (QED) is 0.703. The van der Waals surface area contributed by atoms with Crippen LogP contribution in [-0.2, 0) is 0 Å². The molecule has 2 rings (SSSR count). The summed E-state index contributed by atoms with van der Waals surface area (Å²) >= 11 is 0. The molecule has 2 N–H and O–H groups in total. The van der Waals surface area contributed by atoms with Crippen molar-refractivity contribution in [3.05, 3.63) is 0 Å². The fourth-order valence-corrected chi connectivity index (χ4v) is 2.70. The molecule has 0 aromatic rings. The van der Waals surface area contributed by atoms with Crippen LogP contribution >= 0.6 is 0 Å². The summed E-state index contributed by atoms with van der Waals surface area (Å²) in [7, 11) is 0. The van der Waals surface area contributed by atoms with Crippen LogP contribution in [0, 0.1) is 5.92 Å². The van der Waals surface area contributed by atoms with Crippen LogP contribution < -0.4 is 5.73 Å². The van der Waals surface area contributed by atoms with E-state index in [0.717, 1.165) is 18.5 Å². The molecule has 0 bridgehead atoms. The van der Waals surface area contributed by atoms with Gasteiger partial charge in [-0.2, -0.15) is 0 Å². The van der Waals surface area contributed by atoms with Crippen molar-refractivity contribution in [1.82, 2.24) is 4.90 Å². The predicted octanol–water partition coefficient (Wildman–Crippen LogP) is 1.60. The lowest BCUT2D eigenvalue weighted by Gasteiger charge is -2.42. The zero-order valence-electron chi connectivity index (χ0n) is 8.92. The minimum atomic E-state index is 0.425. The van der Waals surface area contributed by atoms with E-state index in [4.69, 9.17) is 5.73 Å². The van der Waals surface area contributed by atoms with Crippen molar-refractivity contribution in [3.8, 4) is 0 Å². The zero-order chi connectivity index (χ0) is 9.47. The van der Waals surface area contributed by atoms with E-state index in [1.165, 1.54) is 32.2 Å². The van der Waals surface area contributed by atoms with Crippen LogP contribution in [-0.4, -0.2) is 29.6 Å². The number of hydrogen-bond acceptors (Lipinski definition) is 2. The minimum absolute atomic E-state index is 0.425. The molecular weight excluding hydrogens is 160 g/mol. The molecule has 1 aliphatic heterocycles. The van der Waals surface area contributed by atoms with Crippen molar-refractivity contribution in [2.75, 3.05) is 13.1 Å². The second kappa shape index (κ2) is 3.25. The first-order chi connectivity index (χ1) is 6.18. The summed E-state index contributed by atoms with van der Waals surface area (Å²) in [5, 5.41) is 0. The Morgan fingerprint density at radius 2 is 2.00 bits per heavy atom. The maximum absolute atomic E-state index is 5.87. The molecule has 0 spiro atoms. The maximum Gasteiger partial charge on any atom is 0.0336 e. The Bertz CT molecular complexity index is 187. The largest absolute Gasteiger partial charge is 0.329 e. The summed E-state index contributed by atoms with van der Waals surface area (Å²) in [4.78, 5) is 2.68. The molecule has 0 aromatic heterocycles. The lowest BCUT2D eigenvalue weighted by molar-refractivity contribution is 0.0670. The van der Waals surface area contributed by atoms with Gasteiger partial charge in [0, 0.05) is 24.7 Å². The third kappa shape index (κ3) is 1.62. The highest BCUT2D eigenvalue weighted by Gasteiger charge is 2.49. The smallest absolute Gasteiger partial charge is 0.0336 e. The molecule has 2 aliphatic rings. The Labute approximate surface area is 81.5 Å². The van der Waals surface area contributed by atoms with E-state index in [2.05, 4.69) is 18.7 Å². The molecule has 76 valence electrons. The summed E-state index contributed by atoms with van der Waals surface area (Å²) in [6.07, 6.45) is 5.43. The topological polar surface area (TPSA) is 29.3 Å². The van der Waals surface area contributed by atoms with E-state index < -0.39 is 0 Å². The predicted molar refractivity (Wildman–Crippen MR) is 55.6 cm³/mol. The van der Waals surface area contributed by atoms with Gasteiger partial charge in [-0.1, -0.05) is 6.92 Å². The van der Waals surface area contributed by atoms with Crippen LogP contribution in [0.2, 0.25) is 0 Å². The van der Waals surface area contributed by atoms with E-state index in [0.29, 0.717) is 5.54 Å². The molecule has 0 radical (unpaired) electrons. The van der Waals surface area contributed by atoms with Gasteiger partial charge in [0.05, 0.1) is 0 Å². The van der Waals surface area contributed by atoms with Gasteiger partial charge in [-0.3, -0.25) is 4.90 Å². The number of piperidine rings is 1. The Hall–Kier alpha value is -0.0800. The zero-order valence-corrected chi connectivity index (χ0v) is 8.92. The molecule has 2 heteroatoms. The summed E-state index contributed by atoms with van der Waals surface area (Å²) in [6, 6.07) is 0.766. The molecule has 1 aliphatic carbocycles. The summed E-state index contributed by atoms with van der Waals surface area (Å²) in [5.74, 6) is 0.875. The number of nitrogens with zero attached hydrogens (tertiary/aromatic N) is 1. The van der Waals surface area contributed by atoms with Crippen LogP contribution in [0.25, 0.3) is 0 Å². The van der Waals surface area contributed by atoms with Crippen LogP contribution in [0.15, 0.2) is 0 Å². The van der Waals surface area contributed by atoms with Gasteiger partial charge in [-0.25, -0.2) is 0 Å². The molecule has 2 nitrogen and oxygen atoms in total. The van der Waals surface area contributed by atoms with E-state index in [9.17, 15) is 0 Å². The van der Waals surface area contributed by atoms with Crippen molar-refractivity contribution >= 4 is 0 Å². The lowest BCUT2D eigenvalue weighted by Crippen LogP contribution is -2.52. The van der Waals surface area contributed by atoms with Crippen LogP contribution in [0.4, 0.5) is 0 Å². The highest BCUT2D eigenvalue weighted by atomic mass is 15.3. The second-order valence-corrected chi connectivity index (χ2v) is 5.11. The first-order valence-corrected chi connectivity index (χ1v) is 5.65. The standard InChI is InChI=1S/C11H22N2/c1-9-3-4-10(2)13(7-9)11(8-12)5-6-11/h9-10H,3-8,12H2,1-2H3. The third-order valence-corrected chi connectivity index (χ3v) is 3.93. The van der Waals surface area contributed by atoms with Crippen molar-refractivity contribution in [2.45, 2.75) is 51.1 Å². The molecule has 0 amide bonds. The SMILES string of the molecule is CC1CCC(C)N(C2(CN)CC2)C1. The van der Waals surface area contributed by atoms with Crippen LogP contribution in [0.3, 0.4) is 0 Å². The van der Waals surface area contributed by atoms with E-state index in [1.807, 2.05) is 0 Å². The normalized spacial score (nSPS) is 39.0. The van der Waals surface area contributed by atoms with Crippen molar-refractivity contribution < 1.29 is 0 Å². The van der Waals surface area contributed by atoms with E-state index >= 15 is 0 Å². The fraction of sp³-hybridized carbons (Fsp3) is 1.00. The molecule has 13 heavy (non-hydrogen) atoms. The monoisotopic (exact) mass is 182 g/mol. The number of hydrogen-bond donors (Lipinski definition) is 1. The number of likely N-dealkylation sites (tertiary alicyclic amines) is 1.